The lowest BCUT2D eigenvalue weighted by atomic mass is 10.3. The molecular weight excluding hydrogens is 260 g/mol. The molecular formula is C13H18N4OS. The molecule has 0 radical (unpaired) electrons. The highest BCUT2D eigenvalue weighted by Gasteiger charge is 2.12. The molecule has 102 valence electrons. The number of amides is 1. The fourth-order valence-electron chi connectivity index (χ4n) is 1.95. The van der Waals surface area contributed by atoms with Gasteiger partial charge in [0.05, 0.1) is 16.8 Å². The lowest BCUT2D eigenvalue weighted by Gasteiger charge is -2.08. The molecule has 0 spiro atoms. The number of nitrogens with one attached hydrogen (secondary N) is 1. The molecule has 0 aliphatic carbocycles. The molecule has 5 nitrogen and oxygen atoms in total. The second-order valence-corrected chi connectivity index (χ2v) is 5.04. The van der Waals surface area contributed by atoms with Crippen LogP contribution < -0.4 is 11.1 Å². The summed E-state index contributed by atoms with van der Waals surface area (Å²) in [5, 5.41) is 2.79. The van der Waals surface area contributed by atoms with Gasteiger partial charge >= 0.3 is 0 Å². The third-order valence-electron chi connectivity index (χ3n) is 2.78. The number of aromatic nitrogens is 2. The van der Waals surface area contributed by atoms with Gasteiger partial charge in [-0.2, -0.15) is 11.8 Å². The summed E-state index contributed by atoms with van der Waals surface area (Å²) in [6, 6.07) is 7.87. The first-order valence-electron chi connectivity index (χ1n) is 6.16. The van der Waals surface area contributed by atoms with Crippen LogP contribution in [0.2, 0.25) is 0 Å². The highest BCUT2D eigenvalue weighted by Crippen LogP contribution is 2.18. The van der Waals surface area contributed by atoms with Crippen molar-refractivity contribution in [2.75, 3.05) is 19.3 Å². The number of nitrogens with two attached hydrogens (primary N) is 1. The molecule has 0 aliphatic rings. The number of fused-ring (bicyclic) bond motifs is 1. The smallest absolute Gasteiger partial charge is 0.240 e. The first-order chi connectivity index (χ1) is 9.26. The summed E-state index contributed by atoms with van der Waals surface area (Å²) in [5.74, 6) is 1.69. The van der Waals surface area contributed by atoms with Crippen LogP contribution in [0.5, 0.6) is 0 Å². The van der Waals surface area contributed by atoms with E-state index >= 15 is 0 Å². The Morgan fingerprint density at radius 3 is 3.00 bits per heavy atom. The van der Waals surface area contributed by atoms with Gasteiger partial charge in [0.1, 0.15) is 12.4 Å². The predicted octanol–water partition coefficient (Wildman–Crippen LogP) is 0.974. The molecule has 0 aliphatic heterocycles. The van der Waals surface area contributed by atoms with Gasteiger partial charge in [0.25, 0.3) is 0 Å². The van der Waals surface area contributed by atoms with Gasteiger partial charge in [-0.3, -0.25) is 4.79 Å². The van der Waals surface area contributed by atoms with Crippen molar-refractivity contribution in [2.45, 2.75) is 12.3 Å². The largest absolute Gasteiger partial charge is 0.353 e. The number of hydrogen-bond acceptors (Lipinski definition) is 4. The van der Waals surface area contributed by atoms with Gasteiger partial charge in [0.15, 0.2) is 0 Å². The number of hydrogen-bond donors (Lipinski definition) is 2. The van der Waals surface area contributed by atoms with E-state index in [-0.39, 0.29) is 12.5 Å². The summed E-state index contributed by atoms with van der Waals surface area (Å²) in [6.45, 7) is 1.24. The molecule has 2 rings (SSSR count). The average molecular weight is 278 g/mol. The molecule has 6 heteroatoms. The zero-order valence-electron chi connectivity index (χ0n) is 10.9. The molecule has 0 unspecified atom stereocenters. The summed E-state index contributed by atoms with van der Waals surface area (Å²) >= 11 is 1.69. The first-order valence-corrected chi connectivity index (χ1v) is 7.55. The standard InChI is InChI=1S/C13H18N4OS/c1-19-9-12-16-10-4-2-3-5-11(10)17(12)8-13(18)15-7-6-14/h2-5H,6-9,14H2,1H3,(H,15,18). The number of thioether (sulfide) groups is 1. The van der Waals surface area contributed by atoms with Gasteiger partial charge < -0.3 is 15.6 Å². The maximum atomic E-state index is 11.8. The van der Waals surface area contributed by atoms with Crippen LogP contribution in [0.3, 0.4) is 0 Å². The van der Waals surface area contributed by atoms with E-state index in [9.17, 15) is 4.79 Å². The van der Waals surface area contributed by atoms with Crippen LogP contribution in [-0.4, -0.2) is 34.8 Å². The third-order valence-corrected chi connectivity index (χ3v) is 3.32. The molecule has 1 amide bonds. The number of benzene rings is 1. The van der Waals surface area contributed by atoms with Crippen LogP contribution in [0.25, 0.3) is 11.0 Å². The van der Waals surface area contributed by atoms with Crippen molar-refractivity contribution in [1.82, 2.24) is 14.9 Å². The lowest BCUT2D eigenvalue weighted by molar-refractivity contribution is -0.121. The first kappa shape index (κ1) is 13.9. The van der Waals surface area contributed by atoms with E-state index in [4.69, 9.17) is 5.73 Å². The molecule has 1 aromatic carbocycles. The van der Waals surface area contributed by atoms with E-state index < -0.39 is 0 Å². The second kappa shape index (κ2) is 6.58. The SMILES string of the molecule is CSCc1nc2ccccc2n1CC(=O)NCCN. The zero-order valence-corrected chi connectivity index (χ0v) is 11.7. The Morgan fingerprint density at radius 2 is 2.26 bits per heavy atom. The molecule has 0 saturated carbocycles. The van der Waals surface area contributed by atoms with Gasteiger partial charge in [-0.25, -0.2) is 4.98 Å². The summed E-state index contributed by atoms with van der Waals surface area (Å²) < 4.78 is 1.97. The Balaban J connectivity index is 2.28. The van der Waals surface area contributed by atoms with Crippen molar-refractivity contribution < 1.29 is 4.79 Å². The summed E-state index contributed by atoms with van der Waals surface area (Å²) in [6.07, 6.45) is 2.03. The monoisotopic (exact) mass is 278 g/mol. The highest BCUT2D eigenvalue weighted by atomic mass is 32.2. The van der Waals surface area contributed by atoms with Crippen LogP contribution in [0.4, 0.5) is 0 Å². The lowest BCUT2D eigenvalue weighted by Crippen LogP contribution is -2.32. The van der Waals surface area contributed by atoms with Gasteiger partial charge in [-0.15, -0.1) is 0 Å². The summed E-state index contributed by atoms with van der Waals surface area (Å²) in [5.41, 5.74) is 7.30. The summed E-state index contributed by atoms with van der Waals surface area (Å²) in [4.78, 5) is 16.4. The van der Waals surface area contributed by atoms with E-state index in [2.05, 4.69) is 10.3 Å². The molecule has 0 fully saturated rings. The number of imidazole rings is 1. The Labute approximate surface area is 116 Å². The van der Waals surface area contributed by atoms with Crippen molar-refractivity contribution >= 4 is 28.7 Å². The fourth-order valence-corrected chi connectivity index (χ4v) is 2.43. The molecule has 3 N–H and O–H groups in total. The van der Waals surface area contributed by atoms with E-state index in [1.807, 2.05) is 35.1 Å². The molecule has 0 bridgehead atoms. The predicted molar refractivity (Wildman–Crippen MR) is 79.0 cm³/mol. The number of carbonyl (C=O) groups is 1. The van der Waals surface area contributed by atoms with Gasteiger partial charge in [0, 0.05) is 13.1 Å². The minimum atomic E-state index is -0.0315. The van der Waals surface area contributed by atoms with Crippen molar-refractivity contribution in [1.29, 1.82) is 0 Å². The minimum absolute atomic E-state index is 0.0315. The Bertz CT molecular complexity index is 567. The Morgan fingerprint density at radius 1 is 1.47 bits per heavy atom. The molecule has 0 atom stereocenters. The zero-order chi connectivity index (χ0) is 13.7. The van der Waals surface area contributed by atoms with E-state index in [1.54, 1.807) is 11.8 Å². The Hall–Kier alpha value is -1.53. The number of carbonyl (C=O) groups excluding carboxylic acids is 1. The quantitative estimate of drug-likeness (QED) is 0.826. The van der Waals surface area contributed by atoms with Crippen LogP contribution in [-0.2, 0) is 17.1 Å². The highest BCUT2D eigenvalue weighted by molar-refractivity contribution is 7.97. The van der Waals surface area contributed by atoms with Crippen LogP contribution in [0.1, 0.15) is 5.82 Å². The van der Waals surface area contributed by atoms with Crippen LogP contribution in [0, 0.1) is 0 Å². The maximum absolute atomic E-state index is 11.8. The molecule has 1 heterocycles. The molecule has 19 heavy (non-hydrogen) atoms. The normalized spacial score (nSPS) is 10.8. The molecule has 1 aromatic heterocycles. The van der Waals surface area contributed by atoms with E-state index in [0.717, 1.165) is 22.6 Å². The Kier molecular flexibility index (Phi) is 4.81. The van der Waals surface area contributed by atoms with Crippen molar-refractivity contribution in [3.8, 4) is 0 Å². The van der Waals surface area contributed by atoms with Crippen molar-refractivity contribution in [3.63, 3.8) is 0 Å². The average Bonchev–Trinajstić information content (AvgIpc) is 2.75. The minimum Gasteiger partial charge on any atom is -0.353 e. The number of rotatable bonds is 6. The van der Waals surface area contributed by atoms with Crippen molar-refractivity contribution in [3.05, 3.63) is 30.1 Å². The van der Waals surface area contributed by atoms with Crippen LogP contribution in [0.15, 0.2) is 24.3 Å². The van der Waals surface area contributed by atoms with Gasteiger partial charge in [-0.05, 0) is 18.4 Å². The summed E-state index contributed by atoms with van der Waals surface area (Å²) in [7, 11) is 0. The van der Waals surface area contributed by atoms with Gasteiger partial charge in [0.2, 0.25) is 5.91 Å². The van der Waals surface area contributed by atoms with E-state index in [0.29, 0.717) is 13.1 Å². The van der Waals surface area contributed by atoms with Gasteiger partial charge in [-0.1, -0.05) is 12.1 Å². The third kappa shape index (κ3) is 3.27. The van der Waals surface area contributed by atoms with Crippen LogP contribution >= 0.6 is 11.8 Å². The molecule has 2 aromatic rings. The molecule has 0 saturated heterocycles. The fraction of sp³-hybridized carbons (Fsp3) is 0.385. The van der Waals surface area contributed by atoms with E-state index in [1.165, 1.54) is 0 Å². The topological polar surface area (TPSA) is 72.9 Å². The number of para-hydroxylation sites is 2. The maximum Gasteiger partial charge on any atom is 0.240 e. The van der Waals surface area contributed by atoms with Crippen molar-refractivity contribution in [2.24, 2.45) is 5.73 Å². The second-order valence-electron chi connectivity index (χ2n) is 4.17. The number of nitrogens with zero attached hydrogens (tertiary/aromatic N) is 2.